The molecule has 1 amide bonds. The third-order valence-electron chi connectivity index (χ3n) is 2.30. The van der Waals surface area contributed by atoms with Gasteiger partial charge in [0, 0.05) is 12.0 Å². The molecule has 18 heavy (non-hydrogen) atoms. The highest BCUT2D eigenvalue weighted by Gasteiger charge is 2.24. The number of rotatable bonds is 5. The van der Waals surface area contributed by atoms with Crippen LogP contribution >= 0.6 is 0 Å². The fraction of sp³-hybridized carbons (Fsp3) is 0.333. The predicted octanol–water partition coefficient (Wildman–Crippen LogP) is 1.83. The van der Waals surface area contributed by atoms with Crippen molar-refractivity contribution in [3.8, 4) is 0 Å². The van der Waals surface area contributed by atoms with Crippen LogP contribution in [0.3, 0.4) is 0 Å². The summed E-state index contributed by atoms with van der Waals surface area (Å²) in [7, 11) is 0. The first-order chi connectivity index (χ1) is 8.40. The summed E-state index contributed by atoms with van der Waals surface area (Å²) in [6, 6.07) is 4.86. The third-order valence-corrected chi connectivity index (χ3v) is 2.30. The van der Waals surface area contributed by atoms with Crippen molar-refractivity contribution in [3.63, 3.8) is 0 Å². The topological polar surface area (TPSA) is 66.4 Å². The van der Waals surface area contributed by atoms with Gasteiger partial charge in [0.1, 0.15) is 6.04 Å². The highest BCUT2D eigenvalue weighted by molar-refractivity contribution is 5.96. The van der Waals surface area contributed by atoms with E-state index >= 15 is 0 Å². The van der Waals surface area contributed by atoms with Crippen LogP contribution in [0.25, 0.3) is 0 Å². The monoisotopic (exact) mass is 257 g/mol. The molecule has 1 rings (SSSR count). The predicted molar refractivity (Wildman–Crippen MR) is 60.7 cm³/mol. The number of hydrogen-bond donors (Lipinski definition) is 2. The summed E-state index contributed by atoms with van der Waals surface area (Å²) < 4.78 is 24.3. The molecule has 1 atom stereocenters. The fourth-order valence-electron chi connectivity index (χ4n) is 1.43. The second-order valence-electron chi connectivity index (χ2n) is 3.86. The fourth-order valence-corrected chi connectivity index (χ4v) is 1.43. The lowest BCUT2D eigenvalue weighted by Gasteiger charge is -2.14. The number of carbonyl (C=O) groups is 2. The zero-order valence-corrected chi connectivity index (χ0v) is 9.69. The first kappa shape index (κ1) is 14.1. The highest BCUT2D eigenvalue weighted by Crippen LogP contribution is 2.07. The van der Waals surface area contributed by atoms with E-state index in [-0.39, 0.29) is 5.56 Å². The van der Waals surface area contributed by atoms with Crippen molar-refractivity contribution in [2.45, 2.75) is 25.8 Å². The molecular formula is C12H13F2NO3. The minimum atomic E-state index is -2.79. The van der Waals surface area contributed by atoms with Crippen LogP contribution in [-0.4, -0.2) is 29.5 Å². The zero-order chi connectivity index (χ0) is 13.7. The summed E-state index contributed by atoms with van der Waals surface area (Å²) in [5.74, 6) is -2.15. The van der Waals surface area contributed by atoms with E-state index in [1.54, 1.807) is 25.1 Å². The van der Waals surface area contributed by atoms with Gasteiger partial charge in [-0.05, 0) is 19.1 Å². The van der Waals surface area contributed by atoms with Crippen LogP contribution in [-0.2, 0) is 4.79 Å². The maximum atomic E-state index is 12.1. The Bertz CT molecular complexity index is 449. The van der Waals surface area contributed by atoms with Crippen LogP contribution in [0.4, 0.5) is 8.78 Å². The number of alkyl halides is 2. The van der Waals surface area contributed by atoms with E-state index in [0.29, 0.717) is 0 Å². The number of carboxylic acid groups (broad SMARTS) is 1. The van der Waals surface area contributed by atoms with E-state index in [9.17, 15) is 18.4 Å². The van der Waals surface area contributed by atoms with Gasteiger partial charge in [0.15, 0.2) is 0 Å². The Morgan fingerprint density at radius 3 is 2.56 bits per heavy atom. The van der Waals surface area contributed by atoms with Gasteiger partial charge in [-0.1, -0.05) is 17.7 Å². The Hall–Kier alpha value is -1.98. The first-order valence-electron chi connectivity index (χ1n) is 5.28. The number of carbonyl (C=O) groups excluding carboxylic acids is 1. The van der Waals surface area contributed by atoms with Gasteiger partial charge in [-0.2, -0.15) is 0 Å². The summed E-state index contributed by atoms with van der Waals surface area (Å²) in [6.45, 7) is 1.77. The molecule has 98 valence electrons. The van der Waals surface area contributed by atoms with Crippen molar-refractivity contribution >= 4 is 11.9 Å². The number of aliphatic carboxylic acids is 1. The molecule has 6 heteroatoms. The van der Waals surface area contributed by atoms with Gasteiger partial charge in [0.05, 0.1) is 0 Å². The van der Waals surface area contributed by atoms with Gasteiger partial charge in [0.25, 0.3) is 5.91 Å². The minimum Gasteiger partial charge on any atom is -0.480 e. The molecule has 0 bridgehead atoms. The smallest absolute Gasteiger partial charge is 0.326 e. The lowest BCUT2D eigenvalue weighted by molar-refractivity contribution is -0.140. The quantitative estimate of drug-likeness (QED) is 0.845. The van der Waals surface area contributed by atoms with E-state index in [4.69, 9.17) is 5.11 Å². The molecule has 0 saturated carbocycles. The number of carboxylic acids is 1. The number of amides is 1. The van der Waals surface area contributed by atoms with Gasteiger partial charge in [-0.15, -0.1) is 0 Å². The molecule has 0 spiro atoms. The van der Waals surface area contributed by atoms with Gasteiger partial charge >= 0.3 is 5.97 Å². The van der Waals surface area contributed by atoms with Crippen LogP contribution in [0.1, 0.15) is 22.3 Å². The second kappa shape index (κ2) is 6.09. The molecule has 0 aliphatic carbocycles. The zero-order valence-electron chi connectivity index (χ0n) is 9.69. The van der Waals surface area contributed by atoms with Crippen LogP contribution < -0.4 is 5.32 Å². The van der Waals surface area contributed by atoms with Gasteiger partial charge in [0.2, 0.25) is 6.43 Å². The highest BCUT2D eigenvalue weighted by atomic mass is 19.3. The molecule has 2 N–H and O–H groups in total. The lowest BCUT2D eigenvalue weighted by atomic mass is 10.1. The number of nitrogens with one attached hydrogen (secondary N) is 1. The molecule has 0 fully saturated rings. The van der Waals surface area contributed by atoms with Crippen LogP contribution in [0.2, 0.25) is 0 Å². The molecule has 1 aromatic rings. The Balaban J connectivity index is 2.75. The van der Waals surface area contributed by atoms with E-state index in [1.807, 2.05) is 0 Å². The average molecular weight is 257 g/mol. The third kappa shape index (κ3) is 4.12. The lowest BCUT2D eigenvalue weighted by Crippen LogP contribution is -2.42. The number of halogens is 2. The molecular weight excluding hydrogens is 244 g/mol. The summed E-state index contributed by atoms with van der Waals surface area (Å²) >= 11 is 0. The van der Waals surface area contributed by atoms with Gasteiger partial charge < -0.3 is 10.4 Å². The van der Waals surface area contributed by atoms with Crippen molar-refractivity contribution in [3.05, 3.63) is 35.4 Å². The Kier molecular flexibility index (Phi) is 4.76. The normalized spacial score (nSPS) is 12.2. The standard InChI is InChI=1S/C12H13F2NO3/c1-7-3-2-4-8(5-7)11(16)15-9(12(17)18)6-10(13)14/h2-5,9-10H,6H2,1H3,(H,15,16)(H,17,18). The molecule has 0 radical (unpaired) electrons. The molecule has 4 nitrogen and oxygen atoms in total. The molecule has 0 aromatic heterocycles. The van der Waals surface area contributed by atoms with Crippen molar-refractivity contribution in [2.75, 3.05) is 0 Å². The maximum absolute atomic E-state index is 12.1. The van der Waals surface area contributed by atoms with Crippen molar-refractivity contribution < 1.29 is 23.5 Å². The molecule has 0 saturated heterocycles. The van der Waals surface area contributed by atoms with E-state index in [1.165, 1.54) is 6.07 Å². The Morgan fingerprint density at radius 1 is 1.39 bits per heavy atom. The van der Waals surface area contributed by atoms with Crippen molar-refractivity contribution in [2.24, 2.45) is 0 Å². The van der Waals surface area contributed by atoms with Gasteiger partial charge in [-0.25, -0.2) is 13.6 Å². The van der Waals surface area contributed by atoms with Crippen LogP contribution in [0, 0.1) is 6.92 Å². The molecule has 1 unspecified atom stereocenters. The first-order valence-corrected chi connectivity index (χ1v) is 5.28. The summed E-state index contributed by atoms with van der Waals surface area (Å²) in [4.78, 5) is 22.4. The van der Waals surface area contributed by atoms with Crippen LogP contribution in [0.5, 0.6) is 0 Å². The largest absolute Gasteiger partial charge is 0.480 e. The van der Waals surface area contributed by atoms with Crippen molar-refractivity contribution in [1.82, 2.24) is 5.32 Å². The van der Waals surface area contributed by atoms with Gasteiger partial charge in [-0.3, -0.25) is 4.79 Å². The SMILES string of the molecule is Cc1cccc(C(=O)NC(CC(F)F)C(=O)O)c1. The van der Waals surface area contributed by atoms with E-state index < -0.39 is 30.8 Å². The van der Waals surface area contributed by atoms with E-state index in [2.05, 4.69) is 5.32 Å². The summed E-state index contributed by atoms with van der Waals surface area (Å²) in [5.41, 5.74) is 1.07. The number of aryl methyl sites for hydroxylation is 1. The van der Waals surface area contributed by atoms with Crippen LogP contribution in [0.15, 0.2) is 24.3 Å². The Morgan fingerprint density at radius 2 is 2.06 bits per heavy atom. The molecule has 1 aromatic carbocycles. The molecule has 0 aliphatic heterocycles. The summed E-state index contributed by atoms with van der Waals surface area (Å²) in [6.07, 6.45) is -3.70. The van der Waals surface area contributed by atoms with Crippen molar-refractivity contribution in [1.29, 1.82) is 0 Å². The number of hydrogen-bond acceptors (Lipinski definition) is 2. The maximum Gasteiger partial charge on any atom is 0.326 e. The Labute approximate surface area is 103 Å². The second-order valence-corrected chi connectivity index (χ2v) is 3.86. The number of benzene rings is 1. The average Bonchev–Trinajstić information content (AvgIpc) is 2.27. The minimum absolute atomic E-state index is 0.246. The summed E-state index contributed by atoms with van der Waals surface area (Å²) in [5, 5.41) is 10.8. The molecule has 0 heterocycles. The molecule has 0 aliphatic rings. The van der Waals surface area contributed by atoms with E-state index in [0.717, 1.165) is 5.56 Å².